The quantitative estimate of drug-likeness (QED) is 0.192. The molecule has 0 amide bonds. The van der Waals surface area contributed by atoms with E-state index in [0.717, 1.165) is 24.9 Å². The zero-order chi connectivity index (χ0) is 20.0. The van der Waals surface area contributed by atoms with Crippen molar-refractivity contribution in [1.29, 1.82) is 0 Å². The Balaban J connectivity index is 1.66. The van der Waals surface area contributed by atoms with Gasteiger partial charge in [-0.05, 0) is 55.0 Å². The first kappa shape index (κ1) is 21.7. The topological polar surface area (TPSA) is 55.4 Å². The van der Waals surface area contributed by atoms with Crippen molar-refractivity contribution in [3.8, 4) is 5.75 Å². The van der Waals surface area contributed by atoms with Crippen LogP contribution in [0.5, 0.6) is 5.75 Å². The lowest BCUT2D eigenvalue weighted by Crippen LogP contribution is -2.09. The molecule has 0 heterocycles. The van der Waals surface area contributed by atoms with Crippen molar-refractivity contribution in [3.63, 3.8) is 0 Å². The lowest BCUT2D eigenvalue weighted by Gasteiger charge is -2.08. The van der Waals surface area contributed by atoms with Gasteiger partial charge in [0.05, 0.1) is 5.56 Å². The Bertz CT molecular complexity index is 708. The minimum Gasteiger partial charge on any atom is -0.423 e. The molecule has 0 saturated heterocycles. The summed E-state index contributed by atoms with van der Waals surface area (Å²) in [6.45, 7) is 3.19. The second kappa shape index (κ2) is 12.7. The van der Waals surface area contributed by atoms with Crippen LogP contribution in [-0.2, 0) is 0 Å². The van der Waals surface area contributed by atoms with Gasteiger partial charge >= 0.3 is 5.97 Å². The highest BCUT2D eigenvalue weighted by atomic mass is 16.5. The fourth-order valence-corrected chi connectivity index (χ4v) is 3.00. The smallest absolute Gasteiger partial charge is 0.343 e. The minimum absolute atomic E-state index is 0.409. The lowest BCUT2D eigenvalue weighted by atomic mass is 10.1. The minimum atomic E-state index is -0.409. The largest absolute Gasteiger partial charge is 0.423 e. The molecule has 28 heavy (non-hydrogen) atoms. The van der Waals surface area contributed by atoms with Crippen LogP contribution in [-0.4, -0.2) is 18.8 Å². The second-order valence-corrected chi connectivity index (χ2v) is 7.06. The van der Waals surface area contributed by atoms with Crippen LogP contribution in [0.1, 0.15) is 79.0 Å². The van der Waals surface area contributed by atoms with Gasteiger partial charge in [0.2, 0.25) is 0 Å². The van der Waals surface area contributed by atoms with Crippen LogP contribution in [0.15, 0.2) is 48.5 Å². The molecule has 0 fully saturated rings. The van der Waals surface area contributed by atoms with Gasteiger partial charge in [0.25, 0.3) is 0 Å². The van der Waals surface area contributed by atoms with E-state index < -0.39 is 5.97 Å². The molecule has 0 radical (unpaired) electrons. The molecule has 4 nitrogen and oxygen atoms in total. The number of carbonyl (C=O) groups is 2. The average Bonchev–Trinajstić information content (AvgIpc) is 2.73. The van der Waals surface area contributed by atoms with Crippen LogP contribution < -0.4 is 10.1 Å². The number of unbranched alkanes of at least 4 members (excludes halogenated alkanes) is 7. The Kier molecular flexibility index (Phi) is 9.84. The van der Waals surface area contributed by atoms with Crippen LogP contribution in [0, 0.1) is 0 Å². The van der Waals surface area contributed by atoms with Crippen molar-refractivity contribution in [2.24, 2.45) is 0 Å². The molecule has 0 aliphatic carbocycles. The predicted molar refractivity (Wildman–Crippen MR) is 114 cm³/mol. The van der Waals surface area contributed by atoms with Crippen molar-refractivity contribution >= 4 is 17.9 Å². The number of nitrogens with one attached hydrogen (secondary N) is 1. The second-order valence-electron chi connectivity index (χ2n) is 7.06. The van der Waals surface area contributed by atoms with Gasteiger partial charge in [-0.1, -0.05) is 51.9 Å². The van der Waals surface area contributed by atoms with Gasteiger partial charge in [-0.25, -0.2) is 4.79 Å². The first-order valence-electron chi connectivity index (χ1n) is 10.3. The molecule has 0 saturated carbocycles. The number of hydrogen-bond donors (Lipinski definition) is 1. The van der Waals surface area contributed by atoms with Gasteiger partial charge in [0.1, 0.15) is 12.0 Å². The lowest BCUT2D eigenvalue weighted by molar-refractivity contribution is 0.0734. The van der Waals surface area contributed by atoms with Crippen molar-refractivity contribution in [2.45, 2.75) is 58.3 Å². The van der Waals surface area contributed by atoms with E-state index in [0.29, 0.717) is 16.9 Å². The molecule has 0 aliphatic rings. The SMILES string of the molecule is CCCCCCCCCCNc1ccc(C(=O)Oc2ccc(C=O)cc2)cc1. The van der Waals surface area contributed by atoms with E-state index in [-0.39, 0.29) is 0 Å². The Morgan fingerprint density at radius 3 is 2.07 bits per heavy atom. The van der Waals surface area contributed by atoms with E-state index in [9.17, 15) is 9.59 Å². The number of anilines is 1. The van der Waals surface area contributed by atoms with E-state index in [4.69, 9.17) is 4.74 Å². The highest BCUT2D eigenvalue weighted by Crippen LogP contribution is 2.16. The highest BCUT2D eigenvalue weighted by Gasteiger charge is 2.08. The van der Waals surface area contributed by atoms with Crippen LogP contribution in [0.3, 0.4) is 0 Å². The predicted octanol–water partition coefficient (Wildman–Crippen LogP) is 6.27. The Hall–Kier alpha value is -2.62. The summed E-state index contributed by atoms with van der Waals surface area (Å²) in [7, 11) is 0. The average molecular weight is 382 g/mol. The van der Waals surface area contributed by atoms with Crippen LogP contribution in [0.2, 0.25) is 0 Å². The van der Waals surface area contributed by atoms with Gasteiger partial charge in [0, 0.05) is 17.8 Å². The molecule has 2 rings (SSSR count). The van der Waals surface area contributed by atoms with E-state index in [2.05, 4.69) is 12.2 Å². The number of ether oxygens (including phenoxy) is 1. The summed E-state index contributed by atoms with van der Waals surface area (Å²) in [5.41, 5.74) is 2.05. The molecule has 150 valence electrons. The molecule has 0 aliphatic heterocycles. The number of benzene rings is 2. The molecule has 0 unspecified atom stereocenters. The van der Waals surface area contributed by atoms with E-state index >= 15 is 0 Å². The van der Waals surface area contributed by atoms with Gasteiger partial charge in [-0.15, -0.1) is 0 Å². The molecular formula is C24H31NO3. The van der Waals surface area contributed by atoms with Crippen LogP contribution >= 0.6 is 0 Å². The number of esters is 1. The van der Waals surface area contributed by atoms with Gasteiger partial charge in [0.15, 0.2) is 0 Å². The summed E-state index contributed by atoms with van der Waals surface area (Å²) in [6, 6.07) is 13.8. The first-order valence-corrected chi connectivity index (χ1v) is 10.3. The molecule has 2 aromatic carbocycles. The monoisotopic (exact) mass is 381 g/mol. The maximum absolute atomic E-state index is 12.2. The van der Waals surface area contributed by atoms with Crippen molar-refractivity contribution in [1.82, 2.24) is 0 Å². The number of aldehydes is 1. The summed E-state index contributed by atoms with van der Waals surface area (Å²) in [4.78, 5) is 22.8. The van der Waals surface area contributed by atoms with Crippen molar-refractivity contribution < 1.29 is 14.3 Å². The third kappa shape index (κ3) is 7.95. The molecule has 4 heteroatoms. The van der Waals surface area contributed by atoms with E-state index in [1.807, 2.05) is 12.1 Å². The molecule has 0 spiro atoms. The Morgan fingerprint density at radius 2 is 1.46 bits per heavy atom. The first-order chi connectivity index (χ1) is 13.7. The summed E-state index contributed by atoms with van der Waals surface area (Å²) in [6.07, 6.45) is 11.2. The summed E-state index contributed by atoms with van der Waals surface area (Å²) in [5, 5.41) is 3.40. The maximum Gasteiger partial charge on any atom is 0.343 e. The van der Waals surface area contributed by atoms with Crippen molar-refractivity contribution in [2.75, 3.05) is 11.9 Å². The third-order valence-corrected chi connectivity index (χ3v) is 4.71. The molecule has 0 bridgehead atoms. The number of rotatable bonds is 13. The highest BCUT2D eigenvalue weighted by molar-refractivity contribution is 5.91. The fourth-order valence-electron chi connectivity index (χ4n) is 3.00. The fraction of sp³-hybridized carbons (Fsp3) is 0.417. The van der Waals surface area contributed by atoms with E-state index in [1.54, 1.807) is 36.4 Å². The molecule has 2 aromatic rings. The zero-order valence-electron chi connectivity index (χ0n) is 16.8. The third-order valence-electron chi connectivity index (χ3n) is 4.71. The van der Waals surface area contributed by atoms with Gasteiger partial charge in [-0.3, -0.25) is 4.79 Å². The Labute approximate surface area is 168 Å². The summed E-state index contributed by atoms with van der Waals surface area (Å²) >= 11 is 0. The van der Waals surface area contributed by atoms with Crippen LogP contribution in [0.25, 0.3) is 0 Å². The standard InChI is InChI=1S/C24H31NO3/c1-2-3-4-5-6-7-8-9-18-25-22-14-12-21(13-15-22)24(27)28-23-16-10-20(19-26)11-17-23/h10-17,19,25H,2-9,18H2,1H3. The van der Waals surface area contributed by atoms with Crippen LogP contribution in [0.4, 0.5) is 5.69 Å². The number of carbonyl (C=O) groups excluding carboxylic acids is 2. The molecular weight excluding hydrogens is 350 g/mol. The van der Waals surface area contributed by atoms with Gasteiger partial charge < -0.3 is 10.1 Å². The van der Waals surface area contributed by atoms with Crippen molar-refractivity contribution in [3.05, 3.63) is 59.7 Å². The maximum atomic E-state index is 12.2. The normalized spacial score (nSPS) is 10.5. The van der Waals surface area contributed by atoms with Gasteiger partial charge in [-0.2, -0.15) is 0 Å². The summed E-state index contributed by atoms with van der Waals surface area (Å²) < 4.78 is 5.33. The molecule has 1 N–H and O–H groups in total. The summed E-state index contributed by atoms with van der Waals surface area (Å²) in [5.74, 6) is 0.0148. The van der Waals surface area contributed by atoms with E-state index in [1.165, 1.54) is 44.9 Å². The molecule has 0 aromatic heterocycles. The zero-order valence-corrected chi connectivity index (χ0v) is 16.8. The molecule has 0 atom stereocenters. The Morgan fingerprint density at radius 1 is 0.857 bits per heavy atom. The number of hydrogen-bond acceptors (Lipinski definition) is 4.